The number of rotatable bonds is 4. The van der Waals surface area contributed by atoms with Crippen LogP contribution in [-0.2, 0) is 6.54 Å². The van der Waals surface area contributed by atoms with Gasteiger partial charge < -0.3 is 14.9 Å². The minimum Gasteiger partial charge on any atom is -0.350 e. The Hall–Kier alpha value is -3.22. The summed E-state index contributed by atoms with van der Waals surface area (Å²) in [7, 11) is 0. The van der Waals surface area contributed by atoms with Crippen LogP contribution in [0.3, 0.4) is 0 Å². The number of hydrogen-bond donors (Lipinski definition) is 2. The normalized spacial score (nSPS) is 10.7. The van der Waals surface area contributed by atoms with Gasteiger partial charge in [0.1, 0.15) is 5.82 Å². The number of aromatic nitrogens is 2. The molecule has 3 rings (SSSR count). The molecule has 1 aromatic heterocycles. The number of amides is 1. The highest BCUT2D eigenvalue weighted by Crippen LogP contribution is 2.07. The van der Waals surface area contributed by atoms with Crippen molar-refractivity contribution in [1.29, 1.82) is 0 Å². The molecule has 0 aliphatic carbocycles. The Morgan fingerprint density at radius 3 is 2.71 bits per heavy atom. The van der Waals surface area contributed by atoms with Gasteiger partial charge in [-0.2, -0.15) is 0 Å². The predicted octanol–water partition coefficient (Wildman–Crippen LogP) is 1.26. The molecule has 7 heteroatoms. The third kappa shape index (κ3) is 3.10. The first-order chi connectivity index (χ1) is 11.6. The van der Waals surface area contributed by atoms with Gasteiger partial charge in [0, 0.05) is 18.7 Å². The zero-order valence-electron chi connectivity index (χ0n) is 12.6. The van der Waals surface area contributed by atoms with Gasteiger partial charge in [-0.1, -0.05) is 18.2 Å². The van der Waals surface area contributed by atoms with E-state index < -0.39 is 22.8 Å². The summed E-state index contributed by atoms with van der Waals surface area (Å²) in [6.07, 6.45) is 0. The smallest absolute Gasteiger partial charge is 0.316 e. The van der Waals surface area contributed by atoms with E-state index in [0.717, 1.165) is 6.07 Å². The number of nitrogens with zero attached hydrogens (tertiary/aromatic N) is 1. The molecule has 0 saturated heterocycles. The number of aromatic amines is 1. The Kier molecular flexibility index (Phi) is 4.24. The summed E-state index contributed by atoms with van der Waals surface area (Å²) < 4.78 is 14.4. The molecule has 0 fully saturated rings. The summed E-state index contributed by atoms with van der Waals surface area (Å²) in [5.74, 6) is -0.948. The van der Waals surface area contributed by atoms with Gasteiger partial charge in [0.05, 0.1) is 11.0 Å². The zero-order valence-corrected chi connectivity index (χ0v) is 12.6. The molecule has 0 unspecified atom stereocenters. The van der Waals surface area contributed by atoms with Gasteiger partial charge >= 0.3 is 11.1 Å². The molecule has 3 aromatic rings. The molecule has 122 valence electrons. The third-order valence-corrected chi connectivity index (χ3v) is 3.59. The Labute approximate surface area is 135 Å². The zero-order chi connectivity index (χ0) is 17.1. The molecular formula is C17H14FN3O3. The van der Waals surface area contributed by atoms with Gasteiger partial charge in [0.25, 0.3) is 5.91 Å². The van der Waals surface area contributed by atoms with Gasteiger partial charge in [0.2, 0.25) is 0 Å². The van der Waals surface area contributed by atoms with Gasteiger partial charge in [0.15, 0.2) is 0 Å². The highest BCUT2D eigenvalue weighted by molar-refractivity contribution is 5.94. The molecule has 2 N–H and O–H groups in total. The first kappa shape index (κ1) is 15.7. The van der Waals surface area contributed by atoms with E-state index in [2.05, 4.69) is 10.3 Å². The lowest BCUT2D eigenvalue weighted by Gasteiger charge is -2.10. The fourth-order valence-corrected chi connectivity index (χ4v) is 2.46. The van der Waals surface area contributed by atoms with Crippen molar-refractivity contribution in [3.8, 4) is 0 Å². The number of benzene rings is 2. The molecule has 0 bridgehead atoms. The van der Waals surface area contributed by atoms with E-state index >= 15 is 0 Å². The molecule has 0 saturated carbocycles. The highest BCUT2D eigenvalue weighted by Gasteiger charge is 2.09. The summed E-state index contributed by atoms with van der Waals surface area (Å²) in [6, 6.07) is 12.2. The van der Waals surface area contributed by atoms with Crippen LogP contribution in [0.1, 0.15) is 10.4 Å². The Balaban J connectivity index is 1.79. The first-order valence-electron chi connectivity index (χ1n) is 7.32. The van der Waals surface area contributed by atoms with E-state index in [0.29, 0.717) is 11.0 Å². The predicted molar refractivity (Wildman–Crippen MR) is 87.6 cm³/mol. The Morgan fingerprint density at radius 1 is 1.12 bits per heavy atom. The molecular weight excluding hydrogens is 313 g/mol. The highest BCUT2D eigenvalue weighted by atomic mass is 19.1. The molecule has 24 heavy (non-hydrogen) atoms. The lowest BCUT2D eigenvalue weighted by atomic mass is 10.2. The van der Waals surface area contributed by atoms with E-state index in [1.54, 1.807) is 24.3 Å². The van der Waals surface area contributed by atoms with E-state index in [9.17, 15) is 18.8 Å². The van der Waals surface area contributed by atoms with Crippen LogP contribution < -0.4 is 16.4 Å². The number of H-pyrrole nitrogens is 1. The van der Waals surface area contributed by atoms with E-state index in [1.807, 2.05) is 0 Å². The molecule has 0 aliphatic rings. The van der Waals surface area contributed by atoms with Crippen molar-refractivity contribution >= 4 is 16.9 Å². The summed E-state index contributed by atoms with van der Waals surface area (Å²) in [5.41, 5.74) is -0.0994. The topological polar surface area (TPSA) is 84.0 Å². The van der Waals surface area contributed by atoms with Crippen LogP contribution in [0.15, 0.2) is 58.1 Å². The maximum atomic E-state index is 13.1. The fourth-order valence-electron chi connectivity index (χ4n) is 2.46. The van der Waals surface area contributed by atoms with E-state index in [-0.39, 0.29) is 18.7 Å². The minimum atomic E-state index is -0.717. The molecule has 0 atom stereocenters. The van der Waals surface area contributed by atoms with Crippen molar-refractivity contribution in [2.45, 2.75) is 6.54 Å². The monoisotopic (exact) mass is 327 g/mol. The summed E-state index contributed by atoms with van der Waals surface area (Å²) in [6.45, 7) is 0.257. The number of halogens is 1. The molecule has 0 spiro atoms. The number of para-hydroxylation sites is 2. The summed E-state index contributed by atoms with van der Waals surface area (Å²) >= 11 is 0. The molecule has 0 aliphatic heterocycles. The van der Waals surface area contributed by atoms with Crippen LogP contribution in [0.25, 0.3) is 11.0 Å². The molecule has 6 nitrogen and oxygen atoms in total. The van der Waals surface area contributed by atoms with Crippen LogP contribution in [0.2, 0.25) is 0 Å². The Bertz CT molecular complexity index is 1020. The minimum absolute atomic E-state index is 0.128. The van der Waals surface area contributed by atoms with Crippen molar-refractivity contribution < 1.29 is 9.18 Å². The number of carbonyl (C=O) groups is 1. The SMILES string of the molecule is O=C(NCCn1c(=O)c(=O)[nH]c2ccccc21)c1cccc(F)c1. The average molecular weight is 327 g/mol. The summed E-state index contributed by atoms with van der Waals surface area (Å²) in [5, 5.41) is 2.61. The van der Waals surface area contributed by atoms with Gasteiger partial charge in [-0.15, -0.1) is 0 Å². The molecule has 1 amide bonds. The van der Waals surface area contributed by atoms with Crippen molar-refractivity contribution in [2.24, 2.45) is 0 Å². The standard InChI is InChI=1S/C17H14FN3O3/c18-12-5-3-4-11(10-12)15(22)19-8-9-21-14-7-2-1-6-13(14)20-16(23)17(21)24/h1-7,10H,8-9H2,(H,19,22)(H,20,23). The number of nitrogens with one attached hydrogen (secondary N) is 2. The lowest BCUT2D eigenvalue weighted by molar-refractivity contribution is 0.0952. The van der Waals surface area contributed by atoms with E-state index in [4.69, 9.17) is 0 Å². The fraction of sp³-hybridized carbons (Fsp3) is 0.118. The quantitative estimate of drug-likeness (QED) is 0.708. The third-order valence-electron chi connectivity index (χ3n) is 3.59. The maximum Gasteiger partial charge on any atom is 0.316 e. The van der Waals surface area contributed by atoms with Crippen molar-refractivity contribution in [2.75, 3.05) is 6.54 Å². The largest absolute Gasteiger partial charge is 0.350 e. The van der Waals surface area contributed by atoms with E-state index in [1.165, 1.54) is 22.8 Å². The van der Waals surface area contributed by atoms with Crippen LogP contribution in [0.4, 0.5) is 4.39 Å². The Morgan fingerprint density at radius 2 is 1.92 bits per heavy atom. The van der Waals surface area contributed by atoms with Crippen LogP contribution in [0.5, 0.6) is 0 Å². The number of hydrogen-bond acceptors (Lipinski definition) is 3. The average Bonchev–Trinajstić information content (AvgIpc) is 2.58. The second-order valence-corrected chi connectivity index (χ2v) is 5.19. The van der Waals surface area contributed by atoms with Crippen molar-refractivity contribution in [3.05, 3.63) is 80.6 Å². The summed E-state index contributed by atoms with van der Waals surface area (Å²) in [4.78, 5) is 38.2. The van der Waals surface area contributed by atoms with Crippen molar-refractivity contribution in [1.82, 2.24) is 14.9 Å². The molecule has 0 radical (unpaired) electrons. The number of carbonyl (C=O) groups excluding carboxylic acids is 1. The maximum absolute atomic E-state index is 13.1. The second-order valence-electron chi connectivity index (χ2n) is 5.19. The molecule has 1 heterocycles. The van der Waals surface area contributed by atoms with Crippen LogP contribution >= 0.6 is 0 Å². The molecule has 2 aromatic carbocycles. The van der Waals surface area contributed by atoms with Crippen LogP contribution in [0, 0.1) is 5.82 Å². The van der Waals surface area contributed by atoms with Gasteiger partial charge in [-0.25, -0.2) is 4.39 Å². The number of fused-ring (bicyclic) bond motifs is 1. The van der Waals surface area contributed by atoms with Gasteiger partial charge in [-0.3, -0.25) is 14.4 Å². The van der Waals surface area contributed by atoms with Crippen LogP contribution in [-0.4, -0.2) is 22.0 Å². The van der Waals surface area contributed by atoms with Gasteiger partial charge in [-0.05, 0) is 30.3 Å². The lowest BCUT2D eigenvalue weighted by Crippen LogP contribution is -2.39. The second kappa shape index (κ2) is 6.49. The van der Waals surface area contributed by atoms with Crippen molar-refractivity contribution in [3.63, 3.8) is 0 Å². The first-order valence-corrected chi connectivity index (χ1v) is 7.32.